The zero-order valence-electron chi connectivity index (χ0n) is 18.8. The van der Waals surface area contributed by atoms with Crippen LogP contribution in [0.5, 0.6) is 0 Å². The highest BCUT2D eigenvalue weighted by Gasteiger charge is 2.56. The molecule has 1 saturated heterocycles. The summed E-state index contributed by atoms with van der Waals surface area (Å²) in [5, 5.41) is 26.4. The van der Waals surface area contributed by atoms with Crippen molar-refractivity contribution < 1.29 is 19.4 Å². The second-order valence-corrected chi connectivity index (χ2v) is 9.89. The number of rotatable bonds is 4. The second-order valence-electron chi connectivity index (χ2n) is 9.89. The number of ether oxygens (including phenoxy) is 1. The van der Waals surface area contributed by atoms with Crippen LogP contribution in [0, 0.1) is 17.2 Å². The summed E-state index contributed by atoms with van der Waals surface area (Å²) in [4.78, 5) is 27.4. The van der Waals surface area contributed by atoms with Crippen LogP contribution in [0.15, 0.2) is 24.3 Å². The fraction of sp³-hybridized carbons (Fsp3) is 0.609. The topological polar surface area (TPSA) is 115 Å². The van der Waals surface area contributed by atoms with Gasteiger partial charge in [-0.1, -0.05) is 32.0 Å². The Bertz CT molecular complexity index is 888. The molecular formula is C23H32N4O4. The SMILES string of the molecule is CC(C)C[C@H](NC(=O)OC(C)(C)C)C(=O)N1C[C@@]2(C[C@H]1C#N)c1ccccc1NC2O. The first-order chi connectivity index (χ1) is 14.5. The van der Waals surface area contributed by atoms with E-state index >= 15 is 0 Å². The average molecular weight is 429 g/mol. The van der Waals surface area contributed by atoms with Crippen molar-refractivity contribution in [1.82, 2.24) is 10.2 Å². The number of nitrogens with zero attached hydrogens (tertiary/aromatic N) is 2. The monoisotopic (exact) mass is 428 g/mol. The third-order valence-corrected chi connectivity index (χ3v) is 5.79. The van der Waals surface area contributed by atoms with Gasteiger partial charge < -0.3 is 25.4 Å². The molecule has 4 atom stereocenters. The average Bonchev–Trinajstić information content (AvgIpc) is 3.18. The molecule has 1 spiro atoms. The molecule has 1 unspecified atom stereocenters. The molecule has 3 N–H and O–H groups in total. The third kappa shape index (κ3) is 4.62. The van der Waals surface area contributed by atoms with Gasteiger partial charge in [0.25, 0.3) is 0 Å². The van der Waals surface area contributed by atoms with E-state index < -0.39 is 35.4 Å². The Hall–Kier alpha value is -2.79. The molecule has 0 bridgehead atoms. The lowest BCUT2D eigenvalue weighted by Crippen LogP contribution is -2.52. The smallest absolute Gasteiger partial charge is 0.408 e. The molecule has 2 aliphatic rings. The highest BCUT2D eigenvalue weighted by atomic mass is 16.6. The summed E-state index contributed by atoms with van der Waals surface area (Å²) in [5.41, 5.74) is 0.261. The molecule has 8 heteroatoms. The van der Waals surface area contributed by atoms with Gasteiger partial charge >= 0.3 is 6.09 Å². The highest BCUT2D eigenvalue weighted by molar-refractivity contribution is 5.87. The maximum atomic E-state index is 13.5. The Balaban J connectivity index is 1.86. The summed E-state index contributed by atoms with van der Waals surface area (Å²) < 4.78 is 5.34. The number of benzene rings is 1. The minimum absolute atomic E-state index is 0.139. The molecule has 0 aromatic heterocycles. The number of alkyl carbamates (subject to hydrolysis) is 1. The zero-order chi connectivity index (χ0) is 23.0. The van der Waals surface area contributed by atoms with E-state index in [9.17, 15) is 20.0 Å². The Kier molecular flexibility index (Phi) is 6.19. The lowest BCUT2D eigenvalue weighted by atomic mass is 9.79. The minimum Gasteiger partial charge on any atom is -0.444 e. The third-order valence-electron chi connectivity index (χ3n) is 5.79. The Morgan fingerprint density at radius 3 is 2.68 bits per heavy atom. The van der Waals surface area contributed by atoms with Crippen LogP contribution >= 0.6 is 0 Å². The van der Waals surface area contributed by atoms with Crippen LogP contribution in [0.3, 0.4) is 0 Å². The maximum Gasteiger partial charge on any atom is 0.408 e. The Morgan fingerprint density at radius 2 is 2.06 bits per heavy atom. The van der Waals surface area contributed by atoms with E-state index in [-0.39, 0.29) is 18.4 Å². The number of aliphatic hydroxyl groups excluding tert-OH is 1. The number of nitriles is 1. The lowest BCUT2D eigenvalue weighted by Gasteiger charge is -2.30. The van der Waals surface area contributed by atoms with Crippen molar-refractivity contribution in [3.63, 3.8) is 0 Å². The summed E-state index contributed by atoms with van der Waals surface area (Å²) in [6, 6.07) is 8.26. The van der Waals surface area contributed by atoms with Crippen molar-refractivity contribution in [2.75, 3.05) is 11.9 Å². The van der Waals surface area contributed by atoms with Gasteiger partial charge in [-0.15, -0.1) is 0 Å². The van der Waals surface area contributed by atoms with Crippen molar-refractivity contribution in [2.24, 2.45) is 5.92 Å². The minimum atomic E-state index is -0.902. The standard InChI is InChI=1S/C23H32N4O4/c1-14(2)10-18(26-21(30)31-22(3,4)5)19(28)27-13-23(11-15(27)12-24)16-8-6-7-9-17(16)25-20(23)29/h6-9,14-15,18,20,25,29H,10-11,13H2,1-5H3,(H,26,30)/t15-,18-,20?,23-/m0/s1. The Labute approximate surface area is 183 Å². The second kappa shape index (κ2) is 8.39. The zero-order valence-corrected chi connectivity index (χ0v) is 18.8. The molecule has 8 nitrogen and oxygen atoms in total. The quantitative estimate of drug-likeness (QED) is 0.679. The van der Waals surface area contributed by atoms with E-state index in [4.69, 9.17) is 4.74 Å². The molecule has 0 aliphatic carbocycles. The summed E-state index contributed by atoms with van der Waals surface area (Å²) >= 11 is 0. The highest BCUT2D eigenvalue weighted by Crippen LogP contribution is 2.48. The molecule has 3 rings (SSSR count). The number of hydrogen-bond donors (Lipinski definition) is 3. The van der Waals surface area contributed by atoms with Crippen LogP contribution in [0.25, 0.3) is 0 Å². The summed E-state index contributed by atoms with van der Waals surface area (Å²) in [6.45, 7) is 9.39. The number of nitrogens with one attached hydrogen (secondary N) is 2. The van der Waals surface area contributed by atoms with Crippen molar-refractivity contribution >= 4 is 17.7 Å². The van der Waals surface area contributed by atoms with Crippen molar-refractivity contribution in [2.45, 2.75) is 76.8 Å². The van der Waals surface area contributed by atoms with E-state index in [2.05, 4.69) is 16.7 Å². The number of amides is 2. The fourth-order valence-electron chi connectivity index (χ4n) is 4.49. The van der Waals surface area contributed by atoms with Crippen LogP contribution < -0.4 is 10.6 Å². The number of carbonyl (C=O) groups is 2. The molecule has 168 valence electrons. The van der Waals surface area contributed by atoms with Gasteiger partial charge in [-0.2, -0.15) is 5.26 Å². The fourth-order valence-corrected chi connectivity index (χ4v) is 4.49. The molecule has 2 amide bonds. The summed E-state index contributed by atoms with van der Waals surface area (Å²) in [6.07, 6.45) is -0.832. The van der Waals surface area contributed by atoms with Crippen molar-refractivity contribution in [3.8, 4) is 6.07 Å². The van der Waals surface area contributed by atoms with E-state index in [1.165, 1.54) is 4.90 Å². The van der Waals surface area contributed by atoms with E-state index in [1.807, 2.05) is 38.1 Å². The number of likely N-dealkylation sites (tertiary alicyclic amines) is 1. The molecule has 0 radical (unpaired) electrons. The van der Waals surface area contributed by atoms with Crippen LogP contribution in [-0.4, -0.2) is 52.5 Å². The summed E-state index contributed by atoms with van der Waals surface area (Å²) in [5.74, 6) is -0.194. The van der Waals surface area contributed by atoms with Gasteiger partial charge in [0.05, 0.1) is 11.5 Å². The molecule has 0 saturated carbocycles. The first-order valence-corrected chi connectivity index (χ1v) is 10.7. The predicted molar refractivity (Wildman–Crippen MR) is 116 cm³/mol. The maximum absolute atomic E-state index is 13.5. The number of aliphatic hydroxyl groups is 1. The van der Waals surface area contributed by atoms with Crippen LogP contribution in [-0.2, 0) is 14.9 Å². The van der Waals surface area contributed by atoms with Gasteiger partial charge in [-0.05, 0) is 51.2 Å². The van der Waals surface area contributed by atoms with Crippen LogP contribution in [0.2, 0.25) is 0 Å². The molecule has 2 aliphatic heterocycles. The summed E-state index contributed by atoms with van der Waals surface area (Å²) in [7, 11) is 0. The van der Waals surface area contributed by atoms with Gasteiger partial charge in [-0.25, -0.2) is 4.79 Å². The number of anilines is 1. The van der Waals surface area contributed by atoms with Gasteiger partial charge in [0.15, 0.2) is 0 Å². The molecule has 31 heavy (non-hydrogen) atoms. The van der Waals surface area contributed by atoms with Crippen LogP contribution in [0.1, 0.15) is 53.0 Å². The van der Waals surface area contributed by atoms with Crippen LogP contribution in [0.4, 0.5) is 10.5 Å². The molecule has 1 aromatic rings. The van der Waals surface area contributed by atoms with Gasteiger partial charge in [0.1, 0.15) is 23.9 Å². The van der Waals surface area contributed by atoms with Gasteiger partial charge in [-0.3, -0.25) is 4.79 Å². The van der Waals surface area contributed by atoms with E-state index in [0.29, 0.717) is 12.8 Å². The number of fused-ring (bicyclic) bond motifs is 2. The van der Waals surface area contributed by atoms with E-state index in [0.717, 1.165) is 11.3 Å². The number of para-hydroxylation sites is 1. The normalized spacial score (nSPS) is 25.7. The van der Waals surface area contributed by atoms with Crippen molar-refractivity contribution in [3.05, 3.63) is 29.8 Å². The first-order valence-electron chi connectivity index (χ1n) is 10.7. The van der Waals surface area contributed by atoms with Gasteiger partial charge in [0.2, 0.25) is 5.91 Å². The molecule has 2 heterocycles. The number of carbonyl (C=O) groups excluding carboxylic acids is 2. The van der Waals surface area contributed by atoms with Crippen molar-refractivity contribution in [1.29, 1.82) is 5.26 Å². The lowest BCUT2D eigenvalue weighted by molar-refractivity contribution is -0.134. The predicted octanol–water partition coefficient (Wildman–Crippen LogP) is 2.73. The van der Waals surface area contributed by atoms with Gasteiger partial charge in [0, 0.05) is 12.2 Å². The Morgan fingerprint density at radius 1 is 1.39 bits per heavy atom. The number of hydrogen-bond acceptors (Lipinski definition) is 6. The first kappa shape index (κ1) is 22.9. The molecule has 1 aromatic carbocycles. The molecular weight excluding hydrogens is 396 g/mol. The van der Waals surface area contributed by atoms with E-state index in [1.54, 1.807) is 20.8 Å². The largest absolute Gasteiger partial charge is 0.444 e. The molecule has 1 fully saturated rings.